The van der Waals surface area contributed by atoms with Gasteiger partial charge in [0.15, 0.2) is 0 Å². The molecule has 1 rings (SSSR count). The van der Waals surface area contributed by atoms with Crippen LogP contribution >= 0.6 is 0 Å². The van der Waals surface area contributed by atoms with Crippen LogP contribution in [0.15, 0.2) is 18.2 Å². The summed E-state index contributed by atoms with van der Waals surface area (Å²) in [6.45, 7) is 3.80. The Labute approximate surface area is 99.0 Å². The molecule has 0 radical (unpaired) electrons. The van der Waals surface area contributed by atoms with Crippen LogP contribution in [0, 0.1) is 17.6 Å². The summed E-state index contributed by atoms with van der Waals surface area (Å²) >= 11 is 0. The van der Waals surface area contributed by atoms with Crippen molar-refractivity contribution in [1.29, 1.82) is 0 Å². The van der Waals surface area contributed by atoms with E-state index >= 15 is 0 Å². The molecule has 0 aliphatic carbocycles. The van der Waals surface area contributed by atoms with Crippen molar-refractivity contribution in [2.45, 2.75) is 26.3 Å². The van der Waals surface area contributed by atoms with Crippen LogP contribution in [0.25, 0.3) is 0 Å². The minimum atomic E-state index is -0.795. The lowest BCUT2D eigenvalue weighted by molar-refractivity contribution is -0.116. The van der Waals surface area contributed by atoms with E-state index in [4.69, 9.17) is 5.73 Å². The normalized spacial score (nSPS) is 12.6. The zero-order valence-electron chi connectivity index (χ0n) is 9.84. The van der Waals surface area contributed by atoms with E-state index in [0.717, 1.165) is 12.1 Å². The molecular weight excluding hydrogens is 226 g/mol. The van der Waals surface area contributed by atoms with E-state index in [9.17, 15) is 13.6 Å². The topological polar surface area (TPSA) is 55.1 Å². The van der Waals surface area contributed by atoms with Crippen molar-refractivity contribution in [1.82, 2.24) is 0 Å². The first-order chi connectivity index (χ1) is 7.90. The van der Waals surface area contributed by atoms with E-state index in [1.165, 1.54) is 6.07 Å². The van der Waals surface area contributed by atoms with Crippen molar-refractivity contribution in [2.75, 3.05) is 5.32 Å². The highest BCUT2D eigenvalue weighted by atomic mass is 19.1. The molecule has 1 aromatic rings. The monoisotopic (exact) mass is 242 g/mol. The number of hydrogen-bond donors (Lipinski definition) is 2. The third-order valence-corrected chi connectivity index (χ3v) is 2.48. The Morgan fingerprint density at radius 1 is 1.41 bits per heavy atom. The molecule has 1 aromatic carbocycles. The average molecular weight is 242 g/mol. The SMILES string of the molecule is CC(C)C(N)CC(=O)Nc1ccc(F)cc1F. The molecule has 3 N–H and O–H groups in total. The van der Waals surface area contributed by atoms with E-state index in [1.807, 2.05) is 13.8 Å². The van der Waals surface area contributed by atoms with Crippen LogP contribution in [0.4, 0.5) is 14.5 Å². The predicted molar refractivity (Wildman–Crippen MR) is 62.4 cm³/mol. The largest absolute Gasteiger partial charge is 0.327 e. The first-order valence-corrected chi connectivity index (χ1v) is 5.40. The summed E-state index contributed by atoms with van der Waals surface area (Å²) in [5, 5.41) is 2.36. The molecular formula is C12H16F2N2O. The maximum absolute atomic E-state index is 13.2. The van der Waals surface area contributed by atoms with Gasteiger partial charge in [-0.25, -0.2) is 8.78 Å². The van der Waals surface area contributed by atoms with Crippen LogP contribution in [0.3, 0.4) is 0 Å². The number of carbonyl (C=O) groups is 1. The summed E-state index contributed by atoms with van der Waals surface area (Å²) in [5.74, 6) is -1.69. The minimum Gasteiger partial charge on any atom is -0.327 e. The molecule has 0 spiro atoms. The fourth-order valence-electron chi connectivity index (χ4n) is 1.24. The molecule has 0 bridgehead atoms. The van der Waals surface area contributed by atoms with Gasteiger partial charge in [0.25, 0.3) is 0 Å². The molecule has 3 nitrogen and oxygen atoms in total. The Bertz CT molecular complexity index is 407. The molecule has 1 unspecified atom stereocenters. The summed E-state index contributed by atoms with van der Waals surface area (Å²) in [6, 6.07) is 2.71. The maximum atomic E-state index is 13.2. The van der Waals surface area contributed by atoms with Gasteiger partial charge in [-0.05, 0) is 18.1 Å². The molecule has 17 heavy (non-hydrogen) atoms. The Balaban J connectivity index is 2.62. The number of anilines is 1. The van der Waals surface area contributed by atoms with Gasteiger partial charge in [-0.15, -0.1) is 0 Å². The predicted octanol–water partition coefficient (Wildman–Crippen LogP) is 2.28. The smallest absolute Gasteiger partial charge is 0.226 e. The zero-order chi connectivity index (χ0) is 13.0. The number of halogens is 2. The molecule has 0 saturated heterocycles. The van der Waals surface area contributed by atoms with Crippen LogP contribution < -0.4 is 11.1 Å². The maximum Gasteiger partial charge on any atom is 0.226 e. The molecule has 94 valence electrons. The molecule has 0 fully saturated rings. The minimum absolute atomic E-state index is 0.0349. The van der Waals surface area contributed by atoms with Gasteiger partial charge in [-0.3, -0.25) is 4.79 Å². The fourth-order valence-corrected chi connectivity index (χ4v) is 1.24. The van der Waals surface area contributed by atoms with Gasteiger partial charge < -0.3 is 11.1 Å². The second kappa shape index (κ2) is 5.72. The number of carbonyl (C=O) groups excluding carboxylic acids is 1. The summed E-state index contributed by atoms with van der Waals surface area (Å²) in [4.78, 5) is 11.5. The van der Waals surface area contributed by atoms with Crippen molar-refractivity contribution in [2.24, 2.45) is 11.7 Å². The molecule has 0 aromatic heterocycles. The standard InChI is InChI=1S/C12H16F2N2O/c1-7(2)10(15)6-12(17)16-11-4-3-8(13)5-9(11)14/h3-5,7,10H,6,15H2,1-2H3,(H,16,17). The van der Waals surface area contributed by atoms with Crippen LogP contribution in [-0.2, 0) is 4.79 Å². The molecule has 1 atom stereocenters. The summed E-state index contributed by atoms with van der Waals surface area (Å²) < 4.78 is 25.8. The van der Waals surface area contributed by atoms with Crippen molar-refractivity contribution in [3.05, 3.63) is 29.8 Å². The summed E-state index contributed by atoms with van der Waals surface area (Å²) in [7, 11) is 0. The Hall–Kier alpha value is -1.49. The van der Waals surface area contributed by atoms with Crippen LogP contribution in [0.1, 0.15) is 20.3 Å². The highest BCUT2D eigenvalue weighted by molar-refractivity contribution is 5.91. The van der Waals surface area contributed by atoms with Crippen LogP contribution in [0.5, 0.6) is 0 Å². The lowest BCUT2D eigenvalue weighted by Gasteiger charge is -2.15. The van der Waals surface area contributed by atoms with E-state index in [1.54, 1.807) is 0 Å². The third kappa shape index (κ3) is 4.11. The molecule has 5 heteroatoms. The lowest BCUT2D eigenvalue weighted by atomic mass is 10.0. The third-order valence-electron chi connectivity index (χ3n) is 2.48. The number of benzene rings is 1. The molecule has 0 aliphatic heterocycles. The van der Waals surface area contributed by atoms with E-state index < -0.39 is 11.6 Å². The molecule has 0 heterocycles. The first kappa shape index (κ1) is 13.6. The molecule has 0 saturated carbocycles. The van der Waals surface area contributed by atoms with E-state index in [-0.39, 0.29) is 30.0 Å². The zero-order valence-corrected chi connectivity index (χ0v) is 9.84. The lowest BCUT2D eigenvalue weighted by Crippen LogP contribution is -2.31. The number of rotatable bonds is 4. The Kier molecular flexibility index (Phi) is 4.57. The number of nitrogens with one attached hydrogen (secondary N) is 1. The highest BCUT2D eigenvalue weighted by Crippen LogP contribution is 2.15. The van der Waals surface area contributed by atoms with Crippen molar-refractivity contribution in [3.63, 3.8) is 0 Å². The number of amides is 1. The van der Waals surface area contributed by atoms with Crippen LogP contribution in [-0.4, -0.2) is 11.9 Å². The van der Waals surface area contributed by atoms with Crippen molar-refractivity contribution in [3.8, 4) is 0 Å². The molecule has 0 aliphatic rings. The number of nitrogens with two attached hydrogens (primary N) is 1. The van der Waals surface area contributed by atoms with Crippen molar-refractivity contribution >= 4 is 11.6 Å². The van der Waals surface area contributed by atoms with Gasteiger partial charge in [0.2, 0.25) is 5.91 Å². The Morgan fingerprint density at radius 3 is 2.59 bits per heavy atom. The quantitative estimate of drug-likeness (QED) is 0.851. The van der Waals surface area contributed by atoms with Gasteiger partial charge in [-0.1, -0.05) is 13.8 Å². The summed E-state index contributed by atoms with van der Waals surface area (Å²) in [5.41, 5.74) is 5.68. The van der Waals surface area contributed by atoms with Crippen molar-refractivity contribution < 1.29 is 13.6 Å². The second-order valence-corrected chi connectivity index (χ2v) is 4.28. The first-order valence-electron chi connectivity index (χ1n) is 5.40. The van der Waals surface area contributed by atoms with E-state index in [2.05, 4.69) is 5.32 Å². The van der Waals surface area contributed by atoms with E-state index in [0.29, 0.717) is 0 Å². The van der Waals surface area contributed by atoms with Gasteiger partial charge in [0.05, 0.1) is 5.69 Å². The van der Waals surface area contributed by atoms with Gasteiger partial charge in [0.1, 0.15) is 11.6 Å². The number of hydrogen-bond acceptors (Lipinski definition) is 2. The van der Waals surface area contributed by atoms with Crippen LogP contribution in [0.2, 0.25) is 0 Å². The Morgan fingerprint density at radius 2 is 2.06 bits per heavy atom. The summed E-state index contributed by atoms with van der Waals surface area (Å²) in [6.07, 6.45) is 0.106. The average Bonchev–Trinajstić information content (AvgIpc) is 2.22. The van der Waals surface area contributed by atoms with Gasteiger partial charge >= 0.3 is 0 Å². The van der Waals surface area contributed by atoms with Gasteiger partial charge in [0, 0.05) is 18.5 Å². The fraction of sp³-hybridized carbons (Fsp3) is 0.417. The molecule has 1 amide bonds. The second-order valence-electron chi connectivity index (χ2n) is 4.28. The highest BCUT2D eigenvalue weighted by Gasteiger charge is 2.14. The van der Waals surface area contributed by atoms with Gasteiger partial charge in [-0.2, -0.15) is 0 Å².